The van der Waals surface area contributed by atoms with Gasteiger partial charge >= 0.3 is 0 Å². The molecular weight excluding hydrogens is 459 g/mol. The minimum Gasteiger partial charge on any atom is -0.478 e. The zero-order valence-corrected chi connectivity index (χ0v) is 18.7. The SMILES string of the molecule is CCCOc1ccc(CNC(=NC)NCCCOCC2CCOC2)cn1.I. The molecule has 0 saturated carbocycles. The first-order valence-corrected chi connectivity index (χ1v) is 9.49. The largest absolute Gasteiger partial charge is 0.478 e. The fraction of sp³-hybridized carbons (Fsp3) is 0.684. The Morgan fingerprint density at radius 2 is 2.22 bits per heavy atom. The summed E-state index contributed by atoms with van der Waals surface area (Å²) in [4.78, 5) is 8.53. The molecule has 0 spiro atoms. The highest BCUT2D eigenvalue weighted by molar-refractivity contribution is 14.0. The highest BCUT2D eigenvalue weighted by Gasteiger charge is 2.15. The minimum absolute atomic E-state index is 0. The molecule has 154 valence electrons. The molecule has 8 heteroatoms. The fourth-order valence-electron chi connectivity index (χ4n) is 2.56. The first-order valence-electron chi connectivity index (χ1n) is 9.49. The molecule has 2 heterocycles. The molecular formula is C19H33IN4O3. The molecule has 1 aromatic heterocycles. The third-order valence-electron chi connectivity index (χ3n) is 4.07. The van der Waals surface area contributed by atoms with Crippen LogP contribution in [0.25, 0.3) is 0 Å². The average Bonchev–Trinajstić information content (AvgIpc) is 3.19. The quantitative estimate of drug-likeness (QED) is 0.214. The Morgan fingerprint density at radius 3 is 2.89 bits per heavy atom. The number of rotatable bonds is 11. The number of nitrogens with zero attached hydrogens (tertiary/aromatic N) is 2. The molecule has 1 atom stereocenters. The van der Waals surface area contributed by atoms with Gasteiger partial charge in [-0.3, -0.25) is 4.99 Å². The Balaban J connectivity index is 0.00000364. The van der Waals surface area contributed by atoms with Crippen LogP contribution in [0.15, 0.2) is 23.3 Å². The molecule has 27 heavy (non-hydrogen) atoms. The first kappa shape index (κ1) is 23.9. The van der Waals surface area contributed by atoms with Crippen LogP contribution in [0.3, 0.4) is 0 Å². The Hall–Kier alpha value is -1.13. The number of hydrogen-bond donors (Lipinski definition) is 2. The third-order valence-corrected chi connectivity index (χ3v) is 4.07. The second kappa shape index (κ2) is 14.9. The van der Waals surface area contributed by atoms with Crippen molar-refractivity contribution in [3.8, 4) is 5.88 Å². The van der Waals surface area contributed by atoms with Gasteiger partial charge in [-0.15, -0.1) is 24.0 Å². The second-order valence-corrected chi connectivity index (χ2v) is 6.36. The van der Waals surface area contributed by atoms with Crippen LogP contribution in [0, 0.1) is 5.92 Å². The summed E-state index contributed by atoms with van der Waals surface area (Å²) < 4.78 is 16.5. The van der Waals surface area contributed by atoms with Crippen molar-refractivity contribution in [1.29, 1.82) is 0 Å². The Kier molecular flexibility index (Phi) is 13.2. The molecule has 0 aliphatic carbocycles. The summed E-state index contributed by atoms with van der Waals surface area (Å²) in [5.74, 6) is 2.02. The summed E-state index contributed by atoms with van der Waals surface area (Å²) in [6.07, 6.45) is 4.87. The zero-order chi connectivity index (χ0) is 18.5. The average molecular weight is 492 g/mol. The van der Waals surface area contributed by atoms with Gasteiger partial charge in [0.2, 0.25) is 5.88 Å². The number of nitrogens with one attached hydrogen (secondary N) is 2. The summed E-state index contributed by atoms with van der Waals surface area (Å²) in [6.45, 7) is 7.53. The van der Waals surface area contributed by atoms with Gasteiger partial charge < -0.3 is 24.8 Å². The van der Waals surface area contributed by atoms with E-state index in [1.165, 1.54) is 0 Å². The topological polar surface area (TPSA) is 77.0 Å². The van der Waals surface area contributed by atoms with Gasteiger partial charge in [0.25, 0.3) is 0 Å². The van der Waals surface area contributed by atoms with E-state index < -0.39 is 0 Å². The molecule has 1 aliphatic rings. The molecule has 1 saturated heterocycles. The lowest BCUT2D eigenvalue weighted by Gasteiger charge is -2.13. The van der Waals surface area contributed by atoms with Gasteiger partial charge in [-0.2, -0.15) is 0 Å². The lowest BCUT2D eigenvalue weighted by atomic mass is 10.1. The third kappa shape index (κ3) is 10.1. The Bertz CT molecular complexity index is 522. The van der Waals surface area contributed by atoms with Crippen LogP contribution in [-0.4, -0.2) is 57.6 Å². The molecule has 1 aromatic rings. The summed E-state index contributed by atoms with van der Waals surface area (Å²) in [5, 5.41) is 6.58. The first-order chi connectivity index (χ1) is 12.8. The fourth-order valence-corrected chi connectivity index (χ4v) is 2.56. The van der Waals surface area contributed by atoms with Gasteiger partial charge in [0.05, 0.1) is 19.8 Å². The number of halogens is 1. The summed E-state index contributed by atoms with van der Waals surface area (Å²) in [6, 6.07) is 3.91. The molecule has 2 rings (SSSR count). The number of guanidine groups is 1. The van der Waals surface area contributed by atoms with E-state index in [9.17, 15) is 0 Å². The van der Waals surface area contributed by atoms with E-state index in [2.05, 4.69) is 27.5 Å². The van der Waals surface area contributed by atoms with Crippen LogP contribution in [-0.2, 0) is 16.0 Å². The molecule has 1 unspecified atom stereocenters. The van der Waals surface area contributed by atoms with Crippen LogP contribution in [0.4, 0.5) is 0 Å². The highest BCUT2D eigenvalue weighted by Crippen LogP contribution is 2.12. The molecule has 1 fully saturated rings. The Morgan fingerprint density at radius 1 is 1.33 bits per heavy atom. The van der Waals surface area contributed by atoms with E-state index in [0.29, 0.717) is 24.9 Å². The van der Waals surface area contributed by atoms with Crippen LogP contribution in [0.1, 0.15) is 31.7 Å². The predicted octanol–water partition coefficient (Wildman–Crippen LogP) is 2.60. The number of aromatic nitrogens is 1. The van der Waals surface area contributed by atoms with Gasteiger partial charge in [-0.05, 0) is 24.8 Å². The Labute approximate surface area is 179 Å². The summed E-state index contributed by atoms with van der Waals surface area (Å²) >= 11 is 0. The van der Waals surface area contributed by atoms with Crippen molar-refractivity contribution in [2.24, 2.45) is 10.9 Å². The van der Waals surface area contributed by atoms with Crippen molar-refractivity contribution >= 4 is 29.9 Å². The molecule has 0 amide bonds. The van der Waals surface area contributed by atoms with Crippen molar-refractivity contribution < 1.29 is 14.2 Å². The molecule has 0 aromatic carbocycles. The lowest BCUT2D eigenvalue weighted by Crippen LogP contribution is -2.37. The van der Waals surface area contributed by atoms with Gasteiger partial charge in [-0.25, -0.2) is 4.98 Å². The maximum Gasteiger partial charge on any atom is 0.213 e. The molecule has 2 N–H and O–H groups in total. The van der Waals surface area contributed by atoms with Gasteiger partial charge in [0.1, 0.15) is 0 Å². The molecule has 0 radical (unpaired) electrons. The standard InChI is InChI=1S/C19H32N4O3.HI/c1-3-9-26-18-6-5-16(12-22-18)13-23-19(20-2)21-8-4-10-24-14-17-7-11-25-15-17;/h5-6,12,17H,3-4,7-11,13-15H2,1-2H3,(H2,20,21,23);1H. The molecule has 0 bridgehead atoms. The van der Waals surface area contributed by atoms with Gasteiger partial charge in [0.15, 0.2) is 5.96 Å². The monoisotopic (exact) mass is 492 g/mol. The van der Waals surface area contributed by atoms with Crippen molar-refractivity contribution in [2.45, 2.75) is 32.7 Å². The maximum absolute atomic E-state index is 5.70. The van der Waals surface area contributed by atoms with Crippen molar-refractivity contribution in [3.05, 3.63) is 23.9 Å². The van der Waals surface area contributed by atoms with E-state index in [0.717, 1.165) is 63.8 Å². The highest BCUT2D eigenvalue weighted by atomic mass is 127. The van der Waals surface area contributed by atoms with Crippen molar-refractivity contribution in [3.63, 3.8) is 0 Å². The van der Waals surface area contributed by atoms with Crippen LogP contribution in [0.2, 0.25) is 0 Å². The van der Waals surface area contributed by atoms with Crippen LogP contribution >= 0.6 is 24.0 Å². The van der Waals surface area contributed by atoms with Crippen molar-refractivity contribution in [2.75, 3.05) is 46.6 Å². The van der Waals surface area contributed by atoms with E-state index in [-0.39, 0.29) is 24.0 Å². The lowest BCUT2D eigenvalue weighted by molar-refractivity contribution is 0.0888. The zero-order valence-electron chi connectivity index (χ0n) is 16.4. The van der Waals surface area contributed by atoms with Crippen LogP contribution < -0.4 is 15.4 Å². The van der Waals surface area contributed by atoms with Gasteiger partial charge in [0, 0.05) is 51.5 Å². The number of aliphatic imine (C=N–C) groups is 1. The molecule has 7 nitrogen and oxygen atoms in total. The number of pyridine rings is 1. The number of hydrogen-bond acceptors (Lipinski definition) is 5. The van der Waals surface area contributed by atoms with Crippen LogP contribution in [0.5, 0.6) is 5.88 Å². The van der Waals surface area contributed by atoms with Gasteiger partial charge in [-0.1, -0.05) is 13.0 Å². The molecule has 1 aliphatic heterocycles. The van der Waals surface area contributed by atoms with E-state index >= 15 is 0 Å². The van der Waals surface area contributed by atoms with E-state index in [1.54, 1.807) is 7.05 Å². The summed E-state index contributed by atoms with van der Waals surface area (Å²) in [5.41, 5.74) is 1.08. The maximum atomic E-state index is 5.70. The van der Waals surface area contributed by atoms with E-state index in [4.69, 9.17) is 14.2 Å². The summed E-state index contributed by atoms with van der Waals surface area (Å²) in [7, 11) is 1.77. The normalized spacial score (nSPS) is 16.7. The minimum atomic E-state index is 0. The second-order valence-electron chi connectivity index (χ2n) is 6.36. The number of ether oxygens (including phenoxy) is 3. The van der Waals surface area contributed by atoms with E-state index in [1.807, 2.05) is 18.3 Å². The predicted molar refractivity (Wildman–Crippen MR) is 118 cm³/mol. The smallest absolute Gasteiger partial charge is 0.213 e. The van der Waals surface area contributed by atoms with Crippen molar-refractivity contribution in [1.82, 2.24) is 15.6 Å².